The molecule has 3 rings (SSSR count). The Morgan fingerprint density at radius 2 is 2.08 bits per heavy atom. The van der Waals surface area contributed by atoms with Gasteiger partial charge in [0.15, 0.2) is 0 Å². The van der Waals surface area contributed by atoms with Crippen molar-refractivity contribution in [2.75, 3.05) is 0 Å². The zero-order valence-electron chi connectivity index (χ0n) is 13.3. The molecule has 0 spiro atoms. The summed E-state index contributed by atoms with van der Waals surface area (Å²) in [6.07, 6.45) is 0.594. The van der Waals surface area contributed by atoms with Gasteiger partial charge in [-0.2, -0.15) is 0 Å². The molecule has 0 atom stereocenters. The summed E-state index contributed by atoms with van der Waals surface area (Å²) in [6, 6.07) is 8.83. The molecule has 6 nitrogen and oxygen atoms in total. The van der Waals surface area contributed by atoms with Gasteiger partial charge in [-0.3, -0.25) is 4.79 Å². The molecule has 1 aromatic carbocycles. The maximum absolute atomic E-state index is 12.3. The number of alkyl halides is 1. The van der Waals surface area contributed by atoms with Crippen molar-refractivity contribution in [3.8, 4) is 5.88 Å². The molecule has 134 valence electrons. The summed E-state index contributed by atoms with van der Waals surface area (Å²) in [5.41, 5.74) is 5.92. The standard InChI is InChI=1S/C17H13Cl2N3O3S/c18-7-14-12(19)6-13(26-14)15(23)22-8-9-1-2-11-10(5-9)3-4-21-16(11)25-17(20)24/h1-6H,7-8H2,(H2,20,24)(H,22,23). The van der Waals surface area contributed by atoms with E-state index in [1.54, 1.807) is 18.2 Å². The summed E-state index contributed by atoms with van der Waals surface area (Å²) in [4.78, 5) is 28.5. The van der Waals surface area contributed by atoms with Crippen molar-refractivity contribution in [1.82, 2.24) is 10.3 Å². The molecule has 9 heteroatoms. The first kappa shape index (κ1) is 18.4. The molecule has 0 saturated carbocycles. The molecule has 0 unspecified atom stereocenters. The molecule has 0 aliphatic rings. The molecule has 26 heavy (non-hydrogen) atoms. The fourth-order valence-electron chi connectivity index (χ4n) is 2.37. The van der Waals surface area contributed by atoms with E-state index in [2.05, 4.69) is 10.3 Å². The van der Waals surface area contributed by atoms with E-state index in [4.69, 9.17) is 33.7 Å². The molecule has 3 N–H and O–H groups in total. The number of carbonyl (C=O) groups is 2. The lowest BCUT2D eigenvalue weighted by Crippen LogP contribution is -2.21. The molecule has 2 heterocycles. The van der Waals surface area contributed by atoms with Crippen LogP contribution < -0.4 is 15.8 Å². The molecule has 0 fully saturated rings. The largest absolute Gasteiger partial charge is 0.411 e. The van der Waals surface area contributed by atoms with Crippen molar-refractivity contribution in [3.63, 3.8) is 0 Å². The van der Waals surface area contributed by atoms with Gasteiger partial charge in [-0.1, -0.05) is 17.7 Å². The molecular formula is C17H13Cl2N3O3S. The minimum absolute atomic E-state index is 0.146. The van der Waals surface area contributed by atoms with E-state index in [1.165, 1.54) is 17.5 Å². The third kappa shape index (κ3) is 4.07. The Labute approximate surface area is 162 Å². The number of primary amides is 1. The van der Waals surface area contributed by atoms with Gasteiger partial charge in [0, 0.05) is 23.0 Å². The average Bonchev–Trinajstić information content (AvgIpc) is 3.00. The van der Waals surface area contributed by atoms with Gasteiger partial charge in [0.2, 0.25) is 5.88 Å². The summed E-state index contributed by atoms with van der Waals surface area (Å²) in [5.74, 6) is 0.193. The van der Waals surface area contributed by atoms with Crippen LogP contribution in [0.1, 0.15) is 20.1 Å². The van der Waals surface area contributed by atoms with Gasteiger partial charge in [0.1, 0.15) is 0 Å². The molecule has 0 aliphatic heterocycles. The number of thiophene rings is 1. The molecule has 0 bridgehead atoms. The van der Waals surface area contributed by atoms with Gasteiger partial charge < -0.3 is 15.8 Å². The van der Waals surface area contributed by atoms with Gasteiger partial charge in [-0.05, 0) is 35.2 Å². The first-order valence-electron chi connectivity index (χ1n) is 7.45. The molecular weight excluding hydrogens is 397 g/mol. The molecule has 2 amide bonds. The monoisotopic (exact) mass is 409 g/mol. The van der Waals surface area contributed by atoms with Crippen molar-refractivity contribution in [1.29, 1.82) is 0 Å². The Kier molecular flexibility index (Phi) is 5.61. The van der Waals surface area contributed by atoms with E-state index >= 15 is 0 Å². The van der Waals surface area contributed by atoms with Crippen LogP contribution in [0.4, 0.5) is 4.79 Å². The number of hydrogen-bond donors (Lipinski definition) is 2. The molecule has 2 aromatic heterocycles. The van der Waals surface area contributed by atoms with E-state index in [1.807, 2.05) is 12.1 Å². The number of pyridine rings is 1. The van der Waals surface area contributed by atoms with E-state index in [0.29, 0.717) is 21.8 Å². The van der Waals surface area contributed by atoms with Crippen LogP contribution in [0, 0.1) is 0 Å². The lowest BCUT2D eigenvalue weighted by atomic mass is 10.1. The van der Waals surface area contributed by atoms with Crippen LogP contribution in [-0.2, 0) is 12.4 Å². The second-order valence-corrected chi connectivity index (χ2v) is 7.10. The van der Waals surface area contributed by atoms with Crippen molar-refractivity contribution in [2.45, 2.75) is 12.4 Å². The smallest absolute Gasteiger partial charge is 0.391 e. The first-order valence-corrected chi connectivity index (χ1v) is 9.18. The maximum atomic E-state index is 12.3. The highest BCUT2D eigenvalue weighted by Crippen LogP contribution is 2.28. The number of rotatable bonds is 5. The van der Waals surface area contributed by atoms with Gasteiger partial charge in [0.05, 0.1) is 15.8 Å². The Balaban J connectivity index is 1.74. The number of fused-ring (bicyclic) bond motifs is 1. The average molecular weight is 410 g/mol. The van der Waals surface area contributed by atoms with Crippen LogP contribution in [0.15, 0.2) is 36.5 Å². The van der Waals surface area contributed by atoms with Crippen molar-refractivity contribution in [2.24, 2.45) is 5.73 Å². The second kappa shape index (κ2) is 7.90. The zero-order valence-corrected chi connectivity index (χ0v) is 15.6. The van der Waals surface area contributed by atoms with Crippen molar-refractivity contribution in [3.05, 3.63) is 56.9 Å². The van der Waals surface area contributed by atoms with E-state index in [-0.39, 0.29) is 17.7 Å². The Morgan fingerprint density at radius 1 is 1.27 bits per heavy atom. The number of halogens is 2. The van der Waals surface area contributed by atoms with E-state index in [9.17, 15) is 9.59 Å². The summed E-state index contributed by atoms with van der Waals surface area (Å²) in [5, 5.41) is 4.80. The number of amides is 2. The third-order valence-electron chi connectivity index (χ3n) is 3.55. The maximum Gasteiger partial charge on any atom is 0.411 e. The Hall–Kier alpha value is -2.35. The minimum atomic E-state index is -0.924. The normalized spacial score (nSPS) is 10.7. The number of aromatic nitrogens is 1. The number of carbonyl (C=O) groups excluding carboxylic acids is 2. The predicted molar refractivity (Wildman–Crippen MR) is 102 cm³/mol. The highest BCUT2D eigenvalue weighted by atomic mass is 35.5. The zero-order chi connectivity index (χ0) is 18.7. The Bertz CT molecular complexity index is 991. The number of nitrogens with two attached hydrogens (primary N) is 1. The molecule has 0 radical (unpaired) electrons. The highest BCUT2D eigenvalue weighted by Gasteiger charge is 2.13. The van der Waals surface area contributed by atoms with Crippen LogP contribution in [-0.4, -0.2) is 17.0 Å². The number of nitrogens with zero attached hydrogens (tertiary/aromatic N) is 1. The van der Waals surface area contributed by atoms with E-state index < -0.39 is 6.09 Å². The lowest BCUT2D eigenvalue weighted by molar-refractivity contribution is 0.0955. The van der Waals surface area contributed by atoms with Crippen LogP contribution in [0.2, 0.25) is 5.02 Å². The highest BCUT2D eigenvalue weighted by molar-refractivity contribution is 7.14. The van der Waals surface area contributed by atoms with Crippen molar-refractivity contribution >= 4 is 57.3 Å². The number of nitrogens with one attached hydrogen (secondary N) is 1. The number of ether oxygens (including phenoxy) is 1. The Morgan fingerprint density at radius 3 is 2.77 bits per heavy atom. The van der Waals surface area contributed by atoms with Gasteiger partial charge in [-0.15, -0.1) is 22.9 Å². The third-order valence-corrected chi connectivity index (χ3v) is 5.55. The van der Waals surface area contributed by atoms with Crippen LogP contribution in [0.25, 0.3) is 10.8 Å². The number of hydrogen-bond acceptors (Lipinski definition) is 5. The first-order chi connectivity index (χ1) is 12.5. The second-order valence-electron chi connectivity index (χ2n) is 5.29. The van der Waals surface area contributed by atoms with Crippen LogP contribution in [0.3, 0.4) is 0 Å². The van der Waals surface area contributed by atoms with Crippen molar-refractivity contribution < 1.29 is 14.3 Å². The van der Waals surface area contributed by atoms with Gasteiger partial charge >= 0.3 is 6.09 Å². The SMILES string of the molecule is NC(=O)Oc1nccc2cc(CNC(=O)c3cc(Cl)c(CCl)s3)ccc12. The fourth-order valence-corrected chi connectivity index (χ4v) is 3.92. The van der Waals surface area contributed by atoms with Gasteiger partial charge in [-0.25, -0.2) is 9.78 Å². The van der Waals surface area contributed by atoms with E-state index in [0.717, 1.165) is 15.8 Å². The minimum Gasteiger partial charge on any atom is -0.391 e. The summed E-state index contributed by atoms with van der Waals surface area (Å²) >= 11 is 13.1. The summed E-state index contributed by atoms with van der Waals surface area (Å²) in [7, 11) is 0. The van der Waals surface area contributed by atoms with Crippen LogP contribution >= 0.6 is 34.5 Å². The molecule has 0 saturated heterocycles. The van der Waals surface area contributed by atoms with Gasteiger partial charge in [0.25, 0.3) is 5.91 Å². The molecule has 3 aromatic rings. The topological polar surface area (TPSA) is 94.3 Å². The predicted octanol–water partition coefficient (Wildman–Crippen LogP) is 4.08. The number of benzene rings is 1. The van der Waals surface area contributed by atoms with Crippen LogP contribution in [0.5, 0.6) is 5.88 Å². The molecule has 0 aliphatic carbocycles. The lowest BCUT2D eigenvalue weighted by Gasteiger charge is -2.08. The fraction of sp³-hybridized carbons (Fsp3) is 0.118. The quantitative estimate of drug-likeness (QED) is 0.620. The summed E-state index contributed by atoms with van der Waals surface area (Å²) in [6.45, 7) is 0.328. The summed E-state index contributed by atoms with van der Waals surface area (Å²) < 4.78 is 4.88.